The van der Waals surface area contributed by atoms with Crippen molar-refractivity contribution in [2.24, 2.45) is 5.73 Å². The molecule has 1 atom stereocenters. The summed E-state index contributed by atoms with van der Waals surface area (Å²) in [6, 6.07) is 15.4. The Kier molecular flexibility index (Phi) is 6.51. The van der Waals surface area contributed by atoms with Crippen LogP contribution in [0.25, 0.3) is 11.3 Å². The smallest absolute Gasteiger partial charge is 0.255 e. The summed E-state index contributed by atoms with van der Waals surface area (Å²) < 4.78 is 10.8. The van der Waals surface area contributed by atoms with Crippen LogP contribution in [0.2, 0.25) is 0 Å². The minimum absolute atomic E-state index is 0.0446. The van der Waals surface area contributed by atoms with Crippen LogP contribution in [0.3, 0.4) is 0 Å². The normalized spacial score (nSPS) is 11.6. The first kappa shape index (κ1) is 21.1. The second-order valence-electron chi connectivity index (χ2n) is 7.06. The molecule has 1 heterocycles. The van der Waals surface area contributed by atoms with E-state index < -0.39 is 5.91 Å². The fourth-order valence-electron chi connectivity index (χ4n) is 3.10. The minimum atomic E-state index is -0.511. The van der Waals surface area contributed by atoms with Gasteiger partial charge in [-0.3, -0.25) is 4.79 Å². The lowest BCUT2D eigenvalue weighted by molar-refractivity contribution is -0.119. The number of nitrogens with one attached hydrogen (secondary N) is 1. The van der Waals surface area contributed by atoms with Gasteiger partial charge in [0, 0.05) is 11.6 Å². The van der Waals surface area contributed by atoms with Crippen molar-refractivity contribution in [2.45, 2.75) is 26.8 Å². The van der Waals surface area contributed by atoms with E-state index in [0.29, 0.717) is 17.4 Å². The van der Waals surface area contributed by atoms with Crippen LogP contribution in [0.4, 0.5) is 5.82 Å². The molecular formula is C23H26N4O3. The quantitative estimate of drug-likeness (QED) is 0.590. The summed E-state index contributed by atoms with van der Waals surface area (Å²) >= 11 is 0. The molecule has 0 saturated heterocycles. The molecule has 30 heavy (non-hydrogen) atoms. The van der Waals surface area contributed by atoms with Gasteiger partial charge in [0.1, 0.15) is 23.1 Å². The number of hydrogen-bond donors (Lipinski definition) is 2. The van der Waals surface area contributed by atoms with Crippen molar-refractivity contribution in [3.05, 3.63) is 65.5 Å². The van der Waals surface area contributed by atoms with E-state index in [2.05, 4.69) is 15.3 Å². The first-order valence-corrected chi connectivity index (χ1v) is 9.64. The summed E-state index contributed by atoms with van der Waals surface area (Å²) in [5.74, 6) is 2.28. The van der Waals surface area contributed by atoms with Gasteiger partial charge in [-0.05, 0) is 50.1 Å². The molecule has 1 unspecified atom stereocenters. The first-order chi connectivity index (χ1) is 14.4. The molecule has 7 heteroatoms. The van der Waals surface area contributed by atoms with Crippen molar-refractivity contribution in [2.75, 3.05) is 19.0 Å². The van der Waals surface area contributed by atoms with Gasteiger partial charge in [0.15, 0.2) is 6.61 Å². The van der Waals surface area contributed by atoms with E-state index >= 15 is 0 Å². The number of methoxy groups -OCH3 is 1. The van der Waals surface area contributed by atoms with E-state index in [4.69, 9.17) is 15.2 Å². The lowest BCUT2D eigenvalue weighted by Crippen LogP contribution is -2.20. The summed E-state index contributed by atoms with van der Waals surface area (Å²) in [6.45, 7) is 5.74. The molecule has 0 aliphatic heterocycles. The lowest BCUT2D eigenvalue weighted by atomic mass is 10.1. The summed E-state index contributed by atoms with van der Waals surface area (Å²) in [6.07, 6.45) is 0. The van der Waals surface area contributed by atoms with E-state index in [9.17, 15) is 4.79 Å². The van der Waals surface area contributed by atoms with Crippen molar-refractivity contribution in [3.8, 4) is 22.8 Å². The first-order valence-electron chi connectivity index (χ1n) is 9.64. The maximum atomic E-state index is 10.9. The molecule has 156 valence electrons. The van der Waals surface area contributed by atoms with E-state index in [-0.39, 0.29) is 12.6 Å². The van der Waals surface area contributed by atoms with Gasteiger partial charge in [-0.25, -0.2) is 9.97 Å². The number of anilines is 1. The van der Waals surface area contributed by atoms with Gasteiger partial charge >= 0.3 is 0 Å². The predicted octanol–water partition coefficient (Wildman–Crippen LogP) is 3.81. The van der Waals surface area contributed by atoms with Crippen LogP contribution >= 0.6 is 0 Å². The molecule has 3 rings (SSSR count). The van der Waals surface area contributed by atoms with E-state index in [1.807, 2.05) is 63.2 Å². The van der Waals surface area contributed by atoms with Crippen molar-refractivity contribution in [1.29, 1.82) is 0 Å². The highest BCUT2D eigenvalue weighted by atomic mass is 16.5. The molecule has 2 aromatic carbocycles. The van der Waals surface area contributed by atoms with Crippen LogP contribution < -0.4 is 20.5 Å². The molecule has 7 nitrogen and oxygen atoms in total. The van der Waals surface area contributed by atoms with Gasteiger partial charge < -0.3 is 20.5 Å². The Balaban J connectivity index is 1.82. The third-order valence-corrected chi connectivity index (χ3v) is 4.65. The van der Waals surface area contributed by atoms with Crippen molar-refractivity contribution < 1.29 is 14.3 Å². The number of carbonyl (C=O) groups excluding carboxylic acids is 1. The highest BCUT2D eigenvalue weighted by molar-refractivity contribution is 5.75. The monoisotopic (exact) mass is 406 g/mol. The number of hydrogen-bond acceptors (Lipinski definition) is 6. The fourth-order valence-corrected chi connectivity index (χ4v) is 3.10. The van der Waals surface area contributed by atoms with Gasteiger partial charge in [0.25, 0.3) is 5.91 Å². The van der Waals surface area contributed by atoms with Crippen molar-refractivity contribution in [3.63, 3.8) is 0 Å². The number of primary amides is 1. The number of benzene rings is 2. The minimum Gasteiger partial charge on any atom is -0.496 e. The molecule has 0 fully saturated rings. The van der Waals surface area contributed by atoms with Gasteiger partial charge in [0.2, 0.25) is 0 Å². The van der Waals surface area contributed by atoms with Gasteiger partial charge in [-0.1, -0.05) is 24.3 Å². The SMILES string of the molecule is COc1cc(-c2cc(NC(C)c3cccc(OCC(N)=O)c3)nc(C)n2)ccc1C. The highest BCUT2D eigenvalue weighted by Crippen LogP contribution is 2.28. The Bertz CT molecular complexity index is 1050. The Hall–Kier alpha value is -3.61. The number of nitrogens with zero attached hydrogens (tertiary/aromatic N) is 2. The average molecular weight is 406 g/mol. The van der Waals surface area contributed by atoms with Gasteiger partial charge in [0.05, 0.1) is 18.8 Å². The van der Waals surface area contributed by atoms with Gasteiger partial charge in [-0.2, -0.15) is 0 Å². The zero-order chi connectivity index (χ0) is 21.7. The Labute approximate surface area is 176 Å². The number of aryl methyl sites for hydroxylation is 2. The number of carbonyl (C=O) groups is 1. The number of rotatable bonds is 8. The number of amides is 1. The standard InChI is InChI=1S/C23H26N4O3/c1-14-8-9-18(11-21(14)29-4)20-12-23(27-16(3)26-20)25-15(2)17-6-5-7-19(10-17)30-13-22(24)28/h5-12,15H,13H2,1-4H3,(H2,24,28)(H,25,26,27). The Morgan fingerprint density at radius 3 is 2.67 bits per heavy atom. The summed E-state index contributed by atoms with van der Waals surface area (Å²) in [5.41, 5.74) is 8.98. The molecule has 1 aromatic heterocycles. The summed E-state index contributed by atoms with van der Waals surface area (Å²) in [5, 5.41) is 3.41. The second-order valence-corrected chi connectivity index (χ2v) is 7.06. The van der Waals surface area contributed by atoms with Crippen molar-refractivity contribution in [1.82, 2.24) is 9.97 Å². The Morgan fingerprint density at radius 1 is 1.13 bits per heavy atom. The van der Waals surface area contributed by atoms with Crippen LogP contribution in [0.15, 0.2) is 48.5 Å². The number of aromatic nitrogens is 2. The molecule has 0 radical (unpaired) electrons. The van der Waals surface area contributed by atoms with E-state index in [1.165, 1.54) is 0 Å². The predicted molar refractivity (Wildman–Crippen MR) is 117 cm³/mol. The fraction of sp³-hybridized carbons (Fsp3) is 0.261. The molecular weight excluding hydrogens is 380 g/mol. The molecule has 3 N–H and O–H groups in total. The molecule has 0 aliphatic carbocycles. The van der Waals surface area contributed by atoms with Crippen LogP contribution in [-0.4, -0.2) is 29.6 Å². The second kappa shape index (κ2) is 9.26. The van der Waals surface area contributed by atoms with Crippen LogP contribution in [-0.2, 0) is 4.79 Å². The maximum Gasteiger partial charge on any atom is 0.255 e. The van der Waals surface area contributed by atoms with Crippen LogP contribution in [0.1, 0.15) is 29.9 Å². The lowest BCUT2D eigenvalue weighted by Gasteiger charge is -2.17. The molecule has 0 aliphatic rings. The maximum absolute atomic E-state index is 10.9. The topological polar surface area (TPSA) is 99.4 Å². The van der Waals surface area contributed by atoms with Crippen LogP contribution in [0.5, 0.6) is 11.5 Å². The molecule has 0 bridgehead atoms. The molecule has 0 saturated carbocycles. The highest BCUT2D eigenvalue weighted by Gasteiger charge is 2.11. The molecule has 3 aromatic rings. The number of ether oxygens (including phenoxy) is 2. The van der Waals surface area contributed by atoms with Crippen molar-refractivity contribution >= 4 is 11.7 Å². The van der Waals surface area contributed by atoms with Gasteiger partial charge in [-0.15, -0.1) is 0 Å². The zero-order valence-electron chi connectivity index (χ0n) is 17.6. The molecule has 1 amide bonds. The molecule has 0 spiro atoms. The average Bonchev–Trinajstić information content (AvgIpc) is 2.72. The van der Waals surface area contributed by atoms with Crippen LogP contribution in [0, 0.1) is 13.8 Å². The third kappa shape index (κ3) is 5.26. The summed E-state index contributed by atoms with van der Waals surface area (Å²) in [7, 11) is 1.66. The van der Waals surface area contributed by atoms with E-state index in [1.54, 1.807) is 13.2 Å². The number of nitrogens with two attached hydrogens (primary N) is 1. The Morgan fingerprint density at radius 2 is 1.93 bits per heavy atom. The third-order valence-electron chi connectivity index (χ3n) is 4.65. The summed E-state index contributed by atoms with van der Waals surface area (Å²) in [4.78, 5) is 20.0. The largest absolute Gasteiger partial charge is 0.496 e. The zero-order valence-corrected chi connectivity index (χ0v) is 17.6. The van der Waals surface area contributed by atoms with E-state index in [0.717, 1.165) is 28.1 Å².